The van der Waals surface area contributed by atoms with Crippen molar-refractivity contribution in [3.8, 4) is 0 Å². The fraction of sp³-hybridized carbons (Fsp3) is 0.167. The zero-order valence-corrected chi connectivity index (χ0v) is 10.5. The highest BCUT2D eigenvalue weighted by molar-refractivity contribution is 6.14. The van der Waals surface area contributed by atoms with Crippen molar-refractivity contribution in [3.63, 3.8) is 0 Å². The summed E-state index contributed by atoms with van der Waals surface area (Å²) < 4.78 is 1.43. The molecular formula is C12H12ClN5. The molecule has 0 spiro atoms. The minimum absolute atomic E-state index is 0.193. The molecule has 1 aliphatic heterocycles. The van der Waals surface area contributed by atoms with Crippen LogP contribution in [0.4, 0.5) is 5.82 Å². The molecule has 3 rings (SSSR count). The number of nitrogens with zero attached hydrogens (tertiary/aromatic N) is 3. The van der Waals surface area contributed by atoms with Gasteiger partial charge in [-0.05, 0) is 25.1 Å². The van der Waals surface area contributed by atoms with Gasteiger partial charge in [-0.15, -0.1) is 0 Å². The number of hydrogen-bond acceptors (Lipinski definition) is 5. The molecule has 1 atom stereocenters. The molecule has 18 heavy (non-hydrogen) atoms. The molecule has 1 aromatic carbocycles. The molecule has 0 radical (unpaired) electrons. The zero-order valence-electron chi connectivity index (χ0n) is 9.76. The fourth-order valence-corrected chi connectivity index (χ4v) is 2.16. The first-order valence-corrected chi connectivity index (χ1v) is 5.98. The van der Waals surface area contributed by atoms with Gasteiger partial charge in [0.05, 0.1) is 5.52 Å². The lowest BCUT2D eigenvalue weighted by Crippen LogP contribution is -2.29. The second-order valence-electron chi connectivity index (χ2n) is 4.11. The van der Waals surface area contributed by atoms with Gasteiger partial charge in [0.15, 0.2) is 0 Å². The summed E-state index contributed by atoms with van der Waals surface area (Å²) in [6, 6.07) is 8.02. The van der Waals surface area contributed by atoms with Crippen LogP contribution >= 0.6 is 11.8 Å². The van der Waals surface area contributed by atoms with Crippen molar-refractivity contribution < 1.29 is 0 Å². The number of para-hydroxylation sites is 1. The fourth-order valence-electron chi connectivity index (χ4n) is 1.90. The number of nitrogens with one attached hydrogen (secondary N) is 2. The molecule has 1 unspecified atom stereocenters. The Kier molecular flexibility index (Phi) is 2.77. The number of hydrogen-bond donors (Lipinski definition) is 2. The predicted molar refractivity (Wildman–Crippen MR) is 71.5 cm³/mol. The number of fused-ring (bicyclic) bond motifs is 1. The average Bonchev–Trinajstić information content (AvgIpc) is 2.68. The molecule has 1 aliphatic rings. The lowest BCUT2D eigenvalue weighted by molar-refractivity contribution is 0.426. The molecule has 0 bridgehead atoms. The van der Waals surface area contributed by atoms with E-state index in [1.54, 1.807) is 0 Å². The van der Waals surface area contributed by atoms with Crippen molar-refractivity contribution in [3.05, 3.63) is 42.5 Å². The summed E-state index contributed by atoms with van der Waals surface area (Å²) in [5, 5.41) is 4.17. The molecule has 0 fully saturated rings. The Labute approximate surface area is 110 Å². The second kappa shape index (κ2) is 4.44. The molecule has 2 aromatic rings. The predicted octanol–water partition coefficient (Wildman–Crippen LogP) is 2.25. The van der Waals surface area contributed by atoms with E-state index >= 15 is 0 Å². The number of rotatable bonds is 2. The van der Waals surface area contributed by atoms with Crippen molar-refractivity contribution in [1.82, 2.24) is 19.9 Å². The quantitative estimate of drug-likeness (QED) is 0.812. The van der Waals surface area contributed by atoms with Crippen molar-refractivity contribution >= 4 is 28.5 Å². The van der Waals surface area contributed by atoms with Crippen LogP contribution in [0.15, 0.2) is 42.5 Å². The lowest BCUT2D eigenvalue weighted by Gasteiger charge is -2.15. The van der Waals surface area contributed by atoms with Crippen LogP contribution in [-0.2, 0) is 0 Å². The van der Waals surface area contributed by atoms with E-state index in [0.29, 0.717) is 0 Å². The number of hydrazine groups is 1. The van der Waals surface area contributed by atoms with Crippen LogP contribution in [0, 0.1) is 0 Å². The highest BCUT2D eigenvalue weighted by Crippen LogP contribution is 2.22. The maximum atomic E-state index is 6.02. The van der Waals surface area contributed by atoms with Crippen LogP contribution in [-0.4, -0.2) is 20.5 Å². The standard InChI is InChI=1S/C12H12ClN5/c1-8-6-11(18(13)17-8)16-12-9-4-2-3-5-10(9)14-7-15-12/h2-8,17H,1H3,(H,14,15,16). The first-order valence-electron chi connectivity index (χ1n) is 5.65. The van der Waals surface area contributed by atoms with Crippen LogP contribution in [0.1, 0.15) is 6.92 Å². The van der Waals surface area contributed by atoms with E-state index in [4.69, 9.17) is 11.8 Å². The summed E-state index contributed by atoms with van der Waals surface area (Å²) in [7, 11) is 0. The normalized spacial score (nSPS) is 19.1. The van der Waals surface area contributed by atoms with E-state index in [-0.39, 0.29) is 6.04 Å². The Hall–Kier alpha value is -1.85. The van der Waals surface area contributed by atoms with Gasteiger partial charge >= 0.3 is 0 Å². The van der Waals surface area contributed by atoms with Gasteiger partial charge in [-0.25, -0.2) is 19.9 Å². The molecule has 2 heterocycles. The van der Waals surface area contributed by atoms with E-state index in [1.807, 2.05) is 37.3 Å². The molecule has 2 N–H and O–H groups in total. The summed E-state index contributed by atoms with van der Waals surface area (Å²) in [5.74, 6) is 1.52. The molecule has 1 aromatic heterocycles. The maximum absolute atomic E-state index is 6.02. The maximum Gasteiger partial charge on any atom is 0.142 e. The number of aromatic nitrogens is 2. The smallest absolute Gasteiger partial charge is 0.142 e. The summed E-state index contributed by atoms with van der Waals surface area (Å²) in [6.07, 6.45) is 3.53. The Morgan fingerprint density at radius 3 is 2.94 bits per heavy atom. The van der Waals surface area contributed by atoms with Gasteiger partial charge < -0.3 is 5.32 Å². The Bertz CT molecular complexity index is 607. The Balaban J connectivity index is 1.98. The summed E-state index contributed by atoms with van der Waals surface area (Å²) in [6.45, 7) is 2.02. The molecule has 0 aliphatic carbocycles. The van der Waals surface area contributed by atoms with Gasteiger partial charge in [0.1, 0.15) is 18.0 Å². The second-order valence-corrected chi connectivity index (χ2v) is 4.45. The first-order chi connectivity index (χ1) is 8.74. The number of anilines is 1. The number of halogens is 1. The molecule has 0 saturated heterocycles. The lowest BCUT2D eigenvalue weighted by atomic mass is 10.2. The Morgan fingerprint density at radius 1 is 1.33 bits per heavy atom. The van der Waals surface area contributed by atoms with Gasteiger partial charge in [-0.2, -0.15) is 0 Å². The Morgan fingerprint density at radius 2 is 2.17 bits per heavy atom. The monoisotopic (exact) mass is 261 g/mol. The first kappa shape index (κ1) is 11.3. The third-order valence-electron chi connectivity index (χ3n) is 2.73. The minimum Gasteiger partial charge on any atom is -0.324 e. The van der Waals surface area contributed by atoms with E-state index in [0.717, 1.165) is 22.5 Å². The van der Waals surface area contributed by atoms with Gasteiger partial charge in [0.2, 0.25) is 0 Å². The largest absolute Gasteiger partial charge is 0.324 e. The number of benzene rings is 1. The van der Waals surface area contributed by atoms with Crippen LogP contribution in [0.5, 0.6) is 0 Å². The van der Waals surface area contributed by atoms with Crippen LogP contribution in [0.3, 0.4) is 0 Å². The van der Waals surface area contributed by atoms with E-state index in [2.05, 4.69) is 20.7 Å². The van der Waals surface area contributed by atoms with E-state index in [1.165, 1.54) is 10.9 Å². The van der Waals surface area contributed by atoms with E-state index < -0.39 is 0 Å². The van der Waals surface area contributed by atoms with Gasteiger partial charge in [-0.1, -0.05) is 12.1 Å². The summed E-state index contributed by atoms with van der Waals surface area (Å²) >= 11 is 6.02. The van der Waals surface area contributed by atoms with Crippen LogP contribution < -0.4 is 10.7 Å². The minimum atomic E-state index is 0.193. The van der Waals surface area contributed by atoms with Crippen LogP contribution in [0.25, 0.3) is 10.9 Å². The highest BCUT2D eigenvalue weighted by atomic mass is 35.5. The van der Waals surface area contributed by atoms with Crippen molar-refractivity contribution in [2.75, 3.05) is 5.32 Å². The third-order valence-corrected chi connectivity index (χ3v) is 3.01. The average molecular weight is 262 g/mol. The van der Waals surface area contributed by atoms with Gasteiger partial charge in [0, 0.05) is 23.2 Å². The molecule has 0 amide bonds. The molecule has 6 heteroatoms. The van der Waals surface area contributed by atoms with Crippen LogP contribution in [0.2, 0.25) is 0 Å². The third kappa shape index (κ3) is 1.98. The van der Waals surface area contributed by atoms with Crippen molar-refractivity contribution in [2.24, 2.45) is 0 Å². The van der Waals surface area contributed by atoms with Crippen molar-refractivity contribution in [2.45, 2.75) is 13.0 Å². The SMILES string of the molecule is CC1C=C(Nc2ncnc3ccccc23)N(Cl)N1. The summed E-state index contributed by atoms with van der Waals surface area (Å²) in [4.78, 5) is 8.47. The molecular weight excluding hydrogens is 250 g/mol. The molecule has 92 valence electrons. The topological polar surface area (TPSA) is 53.1 Å². The van der Waals surface area contributed by atoms with Crippen molar-refractivity contribution in [1.29, 1.82) is 0 Å². The molecule has 5 nitrogen and oxygen atoms in total. The summed E-state index contributed by atoms with van der Waals surface area (Å²) in [5.41, 5.74) is 3.93. The van der Waals surface area contributed by atoms with Gasteiger partial charge in [0.25, 0.3) is 0 Å². The molecule has 0 saturated carbocycles. The van der Waals surface area contributed by atoms with Gasteiger partial charge in [-0.3, -0.25) is 0 Å². The zero-order chi connectivity index (χ0) is 12.5. The highest BCUT2D eigenvalue weighted by Gasteiger charge is 2.19. The van der Waals surface area contributed by atoms with E-state index in [9.17, 15) is 0 Å².